The van der Waals surface area contributed by atoms with Crippen LogP contribution in [0.1, 0.15) is 6.92 Å². The first-order chi connectivity index (χ1) is 4.31. The van der Waals surface area contributed by atoms with Crippen LogP contribution in [0.25, 0.3) is 0 Å². The summed E-state index contributed by atoms with van der Waals surface area (Å²) in [5.74, 6) is 0. The highest BCUT2D eigenvalue weighted by molar-refractivity contribution is 5.77. The Bertz CT molecular complexity index is 143. The van der Waals surface area contributed by atoms with Crippen molar-refractivity contribution >= 4 is 6.21 Å². The second-order valence-corrected chi connectivity index (χ2v) is 1.58. The van der Waals surface area contributed by atoms with Crippen molar-refractivity contribution < 1.29 is 0 Å². The second-order valence-electron chi connectivity index (χ2n) is 1.58. The zero-order valence-electron chi connectivity index (χ0n) is 5.83. The fourth-order valence-electron chi connectivity index (χ4n) is 0.399. The van der Waals surface area contributed by atoms with Crippen molar-refractivity contribution in [3.63, 3.8) is 0 Å². The van der Waals surface area contributed by atoms with Crippen LogP contribution in [-0.2, 0) is 0 Å². The molecule has 2 heteroatoms. The van der Waals surface area contributed by atoms with E-state index in [4.69, 9.17) is 5.73 Å². The molecule has 0 saturated heterocycles. The first-order valence-electron chi connectivity index (χ1n) is 2.82. The average molecular weight is 124 g/mol. The predicted octanol–water partition coefficient (Wildman–Crippen LogP) is 1.11. The summed E-state index contributed by atoms with van der Waals surface area (Å²) >= 11 is 0. The Labute approximate surface area is 55.8 Å². The molecule has 0 aliphatic carbocycles. The fraction of sp³-hybridized carbons (Fsp3) is 0.286. The number of nitrogens with two attached hydrogens (primary N) is 1. The summed E-state index contributed by atoms with van der Waals surface area (Å²) in [5, 5.41) is 0. The molecule has 0 saturated carbocycles. The molecule has 2 N–H and O–H groups in total. The van der Waals surface area contributed by atoms with E-state index in [0.29, 0.717) is 5.70 Å². The van der Waals surface area contributed by atoms with Gasteiger partial charge in [0.1, 0.15) is 0 Å². The summed E-state index contributed by atoms with van der Waals surface area (Å²) in [6.07, 6.45) is 7.19. The zero-order valence-corrected chi connectivity index (χ0v) is 5.83. The summed E-state index contributed by atoms with van der Waals surface area (Å²) in [5.41, 5.74) is 6.11. The van der Waals surface area contributed by atoms with E-state index in [1.54, 1.807) is 19.3 Å². The first-order valence-corrected chi connectivity index (χ1v) is 2.82. The molecule has 0 spiro atoms. The molecule has 0 rings (SSSR count). The lowest BCUT2D eigenvalue weighted by Crippen LogP contribution is -1.96. The largest absolute Gasteiger partial charge is 0.397 e. The van der Waals surface area contributed by atoms with Crippen molar-refractivity contribution in [1.82, 2.24) is 0 Å². The van der Waals surface area contributed by atoms with Crippen molar-refractivity contribution in [2.45, 2.75) is 6.92 Å². The monoisotopic (exact) mass is 124 g/mol. The second kappa shape index (κ2) is 5.09. The Morgan fingerprint density at radius 2 is 2.22 bits per heavy atom. The normalized spacial score (nSPS) is 13.8. The van der Waals surface area contributed by atoms with Crippen LogP contribution in [0.2, 0.25) is 0 Å². The lowest BCUT2D eigenvalue weighted by atomic mass is 10.4. The standard InChI is InChI=1S/C7H12N2/c1-3-4-5-7(8)6-9-2/h3-6H,8H2,1-2H3/b4-3-,7-5+,9-6?. The molecule has 0 aliphatic rings. The summed E-state index contributed by atoms with van der Waals surface area (Å²) in [6, 6.07) is 0. The van der Waals surface area contributed by atoms with Gasteiger partial charge in [-0.1, -0.05) is 12.2 Å². The molecule has 0 heterocycles. The Balaban J connectivity index is 3.84. The summed E-state index contributed by atoms with van der Waals surface area (Å²) in [7, 11) is 1.69. The molecule has 0 atom stereocenters. The molecule has 0 amide bonds. The Kier molecular flexibility index (Phi) is 4.50. The van der Waals surface area contributed by atoms with E-state index in [1.807, 2.05) is 19.1 Å². The molecular weight excluding hydrogens is 112 g/mol. The van der Waals surface area contributed by atoms with E-state index in [2.05, 4.69) is 4.99 Å². The lowest BCUT2D eigenvalue weighted by Gasteiger charge is -1.84. The van der Waals surface area contributed by atoms with Crippen LogP contribution in [0.3, 0.4) is 0 Å². The van der Waals surface area contributed by atoms with Crippen LogP contribution in [-0.4, -0.2) is 13.3 Å². The van der Waals surface area contributed by atoms with Crippen molar-refractivity contribution in [2.75, 3.05) is 7.05 Å². The molecule has 0 unspecified atom stereocenters. The minimum Gasteiger partial charge on any atom is -0.397 e. The van der Waals surface area contributed by atoms with Crippen molar-refractivity contribution in [2.24, 2.45) is 10.7 Å². The van der Waals surface area contributed by atoms with Crippen molar-refractivity contribution in [3.8, 4) is 0 Å². The number of aliphatic imine (C=N–C) groups is 1. The van der Waals surface area contributed by atoms with Crippen molar-refractivity contribution in [3.05, 3.63) is 23.9 Å². The average Bonchev–Trinajstić information content (AvgIpc) is 1.85. The SMILES string of the molecule is C/C=C\C=C(\N)C=NC. The Morgan fingerprint density at radius 3 is 2.67 bits per heavy atom. The van der Waals surface area contributed by atoms with Gasteiger partial charge in [0.05, 0.1) is 0 Å². The van der Waals surface area contributed by atoms with Crippen LogP contribution in [0.15, 0.2) is 28.9 Å². The molecule has 0 fully saturated rings. The topological polar surface area (TPSA) is 38.4 Å². The van der Waals surface area contributed by atoms with Gasteiger partial charge in [0.25, 0.3) is 0 Å². The molecule has 9 heavy (non-hydrogen) atoms. The van der Waals surface area contributed by atoms with E-state index in [1.165, 1.54) is 0 Å². The van der Waals surface area contributed by atoms with Gasteiger partial charge in [0, 0.05) is 19.0 Å². The number of hydrogen-bond donors (Lipinski definition) is 1. The van der Waals surface area contributed by atoms with E-state index < -0.39 is 0 Å². The van der Waals surface area contributed by atoms with Gasteiger partial charge in [-0.25, -0.2) is 0 Å². The molecule has 2 nitrogen and oxygen atoms in total. The van der Waals surface area contributed by atoms with Gasteiger partial charge in [0.15, 0.2) is 0 Å². The van der Waals surface area contributed by atoms with Gasteiger partial charge in [-0.3, -0.25) is 4.99 Å². The molecule has 0 aliphatic heterocycles. The van der Waals surface area contributed by atoms with Crippen LogP contribution in [0.5, 0.6) is 0 Å². The van der Waals surface area contributed by atoms with E-state index >= 15 is 0 Å². The van der Waals surface area contributed by atoms with E-state index in [9.17, 15) is 0 Å². The third kappa shape index (κ3) is 4.81. The van der Waals surface area contributed by atoms with Crippen LogP contribution < -0.4 is 5.73 Å². The van der Waals surface area contributed by atoms with Crippen LogP contribution in [0, 0.1) is 0 Å². The maximum atomic E-state index is 5.43. The number of hydrogen-bond acceptors (Lipinski definition) is 2. The molecule has 50 valence electrons. The van der Waals surface area contributed by atoms with Gasteiger partial charge in [-0.2, -0.15) is 0 Å². The predicted molar refractivity (Wildman–Crippen MR) is 41.5 cm³/mol. The van der Waals surface area contributed by atoms with E-state index in [-0.39, 0.29) is 0 Å². The summed E-state index contributed by atoms with van der Waals surface area (Å²) in [6.45, 7) is 1.94. The summed E-state index contributed by atoms with van der Waals surface area (Å²) in [4.78, 5) is 3.74. The maximum Gasteiger partial charge on any atom is 0.0495 e. The van der Waals surface area contributed by atoms with Gasteiger partial charge < -0.3 is 5.73 Å². The minimum absolute atomic E-state index is 0.676. The zero-order chi connectivity index (χ0) is 7.11. The minimum atomic E-state index is 0.676. The summed E-state index contributed by atoms with van der Waals surface area (Å²) < 4.78 is 0. The van der Waals surface area contributed by atoms with Gasteiger partial charge in [0.2, 0.25) is 0 Å². The molecule has 0 aromatic rings. The number of allylic oxidation sites excluding steroid dienone is 4. The highest BCUT2D eigenvalue weighted by Crippen LogP contribution is 1.79. The highest BCUT2D eigenvalue weighted by atomic mass is 14.7. The smallest absolute Gasteiger partial charge is 0.0495 e. The third-order valence-electron chi connectivity index (χ3n) is 0.759. The molecule has 0 aromatic carbocycles. The highest BCUT2D eigenvalue weighted by Gasteiger charge is 1.74. The fourth-order valence-corrected chi connectivity index (χ4v) is 0.399. The molecule has 0 bridgehead atoms. The van der Waals surface area contributed by atoms with Gasteiger partial charge >= 0.3 is 0 Å². The number of rotatable bonds is 2. The van der Waals surface area contributed by atoms with E-state index in [0.717, 1.165) is 0 Å². The van der Waals surface area contributed by atoms with Crippen molar-refractivity contribution in [1.29, 1.82) is 0 Å². The maximum absolute atomic E-state index is 5.43. The Morgan fingerprint density at radius 1 is 1.56 bits per heavy atom. The lowest BCUT2D eigenvalue weighted by molar-refractivity contribution is 1.42. The number of nitrogens with zero attached hydrogens (tertiary/aromatic N) is 1. The molecule has 0 radical (unpaired) electrons. The van der Waals surface area contributed by atoms with Crippen LogP contribution in [0.4, 0.5) is 0 Å². The molecular formula is C7H12N2. The Hall–Kier alpha value is -1.05. The van der Waals surface area contributed by atoms with Gasteiger partial charge in [-0.15, -0.1) is 0 Å². The quantitative estimate of drug-likeness (QED) is 0.434. The van der Waals surface area contributed by atoms with Crippen LogP contribution >= 0.6 is 0 Å². The molecule has 0 aromatic heterocycles. The third-order valence-corrected chi connectivity index (χ3v) is 0.759. The van der Waals surface area contributed by atoms with Gasteiger partial charge in [-0.05, 0) is 13.0 Å². The first kappa shape index (κ1) is 7.95.